The number of nitrogens with zero attached hydrogens (tertiary/aromatic N) is 3. The van der Waals surface area contributed by atoms with E-state index in [0.717, 1.165) is 57.9 Å². The molecular weight excluding hydrogens is 344 g/mol. The van der Waals surface area contributed by atoms with Crippen LogP contribution in [0.5, 0.6) is 5.75 Å². The lowest BCUT2D eigenvalue weighted by atomic mass is 9.96. The van der Waals surface area contributed by atoms with E-state index in [2.05, 4.69) is 4.90 Å². The molecule has 2 fully saturated rings. The molecule has 0 spiro atoms. The van der Waals surface area contributed by atoms with E-state index < -0.39 is 0 Å². The number of carbonyl (C=O) groups is 2. The fourth-order valence-electron chi connectivity index (χ4n) is 3.88. The lowest BCUT2D eigenvalue weighted by Gasteiger charge is -2.38. The van der Waals surface area contributed by atoms with E-state index in [1.165, 1.54) is 0 Å². The number of primary amides is 1. The molecule has 3 rings (SSSR count). The highest BCUT2D eigenvalue weighted by atomic mass is 16.5. The smallest absolute Gasteiger partial charge is 0.231 e. The number of likely N-dealkylation sites (tertiary alicyclic amines) is 1. The van der Waals surface area contributed by atoms with Crippen molar-refractivity contribution in [3.05, 3.63) is 30.3 Å². The molecule has 0 unspecified atom stereocenters. The summed E-state index contributed by atoms with van der Waals surface area (Å²) in [5.74, 6) is 0.786. The second kappa shape index (κ2) is 9.71. The zero-order valence-corrected chi connectivity index (χ0v) is 15.9. The predicted octanol–water partition coefficient (Wildman–Crippen LogP) is 0.407. The third kappa shape index (κ3) is 5.94. The summed E-state index contributed by atoms with van der Waals surface area (Å²) in [6, 6.07) is 9.83. The maximum Gasteiger partial charge on any atom is 0.231 e. The Kier molecular flexibility index (Phi) is 7.06. The third-order valence-electron chi connectivity index (χ3n) is 5.34. The Hall–Kier alpha value is -2.12. The predicted molar refractivity (Wildman–Crippen MR) is 103 cm³/mol. The van der Waals surface area contributed by atoms with Crippen LogP contribution >= 0.6 is 0 Å². The van der Waals surface area contributed by atoms with Crippen molar-refractivity contribution in [1.29, 1.82) is 0 Å². The zero-order chi connectivity index (χ0) is 19.1. The Labute approximate surface area is 161 Å². The molecule has 0 radical (unpaired) electrons. The molecule has 0 bridgehead atoms. The molecule has 7 heteroatoms. The summed E-state index contributed by atoms with van der Waals surface area (Å²) < 4.78 is 5.76. The first-order valence-corrected chi connectivity index (χ1v) is 9.81. The molecule has 1 aromatic rings. The quantitative estimate of drug-likeness (QED) is 0.748. The average Bonchev–Trinajstić information content (AvgIpc) is 2.68. The minimum absolute atomic E-state index is 0.00827. The SMILES string of the molecule is NC(=O)CN1CCC[C@H](C(=O)N2CCN(CCOc3ccccc3)CC2)C1. The summed E-state index contributed by atoms with van der Waals surface area (Å²) in [5.41, 5.74) is 5.29. The minimum Gasteiger partial charge on any atom is -0.492 e. The molecule has 1 atom stereocenters. The van der Waals surface area contributed by atoms with Crippen molar-refractivity contribution < 1.29 is 14.3 Å². The van der Waals surface area contributed by atoms with Crippen molar-refractivity contribution in [1.82, 2.24) is 14.7 Å². The Morgan fingerprint density at radius 1 is 1.04 bits per heavy atom. The van der Waals surface area contributed by atoms with Gasteiger partial charge in [-0.3, -0.25) is 19.4 Å². The maximum absolute atomic E-state index is 12.8. The number of carbonyl (C=O) groups excluding carboxylic acids is 2. The van der Waals surface area contributed by atoms with Gasteiger partial charge in [0.25, 0.3) is 0 Å². The number of amides is 2. The van der Waals surface area contributed by atoms with Crippen molar-refractivity contribution in [2.24, 2.45) is 11.7 Å². The fourth-order valence-corrected chi connectivity index (χ4v) is 3.88. The highest BCUT2D eigenvalue weighted by molar-refractivity contribution is 5.80. The second-order valence-corrected chi connectivity index (χ2v) is 7.37. The van der Waals surface area contributed by atoms with Crippen LogP contribution in [-0.2, 0) is 9.59 Å². The van der Waals surface area contributed by atoms with Gasteiger partial charge in [-0.15, -0.1) is 0 Å². The van der Waals surface area contributed by atoms with E-state index in [0.29, 0.717) is 13.2 Å². The molecule has 1 aromatic carbocycles. The largest absolute Gasteiger partial charge is 0.492 e. The Morgan fingerprint density at radius 3 is 2.48 bits per heavy atom. The van der Waals surface area contributed by atoms with Crippen molar-refractivity contribution in [3.8, 4) is 5.75 Å². The Bertz CT molecular complexity index is 617. The Morgan fingerprint density at radius 2 is 1.78 bits per heavy atom. The van der Waals surface area contributed by atoms with Crippen LogP contribution in [0.15, 0.2) is 30.3 Å². The van der Waals surface area contributed by atoms with Crippen molar-refractivity contribution in [2.75, 3.05) is 59.0 Å². The number of para-hydroxylation sites is 1. The van der Waals surface area contributed by atoms with Gasteiger partial charge in [0.1, 0.15) is 12.4 Å². The number of piperazine rings is 1. The lowest BCUT2D eigenvalue weighted by molar-refractivity contribution is -0.139. The molecule has 2 aliphatic heterocycles. The van der Waals surface area contributed by atoms with E-state index in [-0.39, 0.29) is 24.3 Å². The first-order valence-electron chi connectivity index (χ1n) is 9.81. The van der Waals surface area contributed by atoms with Gasteiger partial charge in [-0.1, -0.05) is 18.2 Å². The van der Waals surface area contributed by atoms with Crippen molar-refractivity contribution in [2.45, 2.75) is 12.8 Å². The normalized spacial score (nSPS) is 21.8. The summed E-state index contributed by atoms with van der Waals surface area (Å²) in [6.07, 6.45) is 1.85. The topological polar surface area (TPSA) is 79.1 Å². The molecular formula is C20H30N4O3. The molecule has 148 valence electrons. The Balaban J connectivity index is 1.38. The number of hydrogen-bond donors (Lipinski definition) is 1. The second-order valence-electron chi connectivity index (χ2n) is 7.37. The first-order chi connectivity index (χ1) is 13.1. The molecule has 2 saturated heterocycles. The van der Waals surface area contributed by atoms with Crippen LogP contribution in [0.25, 0.3) is 0 Å². The summed E-state index contributed by atoms with van der Waals surface area (Å²) in [5, 5.41) is 0. The summed E-state index contributed by atoms with van der Waals surface area (Å²) in [4.78, 5) is 30.3. The standard InChI is InChI=1S/C20H30N4O3/c21-19(25)16-23-8-4-5-17(15-23)20(26)24-11-9-22(10-12-24)13-14-27-18-6-2-1-3-7-18/h1-3,6-7,17H,4-5,8-16H2,(H2,21,25)/t17-/m0/s1. The highest BCUT2D eigenvalue weighted by Crippen LogP contribution is 2.19. The number of nitrogens with two attached hydrogens (primary N) is 1. The van der Waals surface area contributed by atoms with Gasteiger partial charge in [0.05, 0.1) is 12.5 Å². The van der Waals surface area contributed by atoms with E-state index in [4.69, 9.17) is 10.5 Å². The zero-order valence-electron chi connectivity index (χ0n) is 15.9. The van der Waals surface area contributed by atoms with Crippen LogP contribution in [-0.4, -0.2) is 85.5 Å². The minimum atomic E-state index is -0.325. The van der Waals surface area contributed by atoms with Gasteiger partial charge in [-0.25, -0.2) is 0 Å². The first kappa shape index (κ1) is 19.6. The number of ether oxygens (including phenoxy) is 1. The average molecular weight is 374 g/mol. The van der Waals surface area contributed by atoms with Crippen LogP contribution < -0.4 is 10.5 Å². The maximum atomic E-state index is 12.8. The summed E-state index contributed by atoms with van der Waals surface area (Å²) in [7, 11) is 0. The van der Waals surface area contributed by atoms with E-state index >= 15 is 0 Å². The molecule has 0 saturated carbocycles. The van der Waals surface area contributed by atoms with Crippen LogP contribution in [0, 0.1) is 5.92 Å². The van der Waals surface area contributed by atoms with Gasteiger partial charge in [-0.2, -0.15) is 0 Å². The summed E-state index contributed by atoms with van der Waals surface area (Å²) in [6.45, 7) is 6.54. The van der Waals surface area contributed by atoms with Gasteiger partial charge in [-0.05, 0) is 31.5 Å². The number of rotatable bonds is 7. The molecule has 7 nitrogen and oxygen atoms in total. The number of benzene rings is 1. The van der Waals surface area contributed by atoms with E-state index in [1.807, 2.05) is 40.1 Å². The van der Waals surface area contributed by atoms with Crippen LogP contribution in [0.2, 0.25) is 0 Å². The van der Waals surface area contributed by atoms with E-state index in [9.17, 15) is 9.59 Å². The molecule has 2 N–H and O–H groups in total. The van der Waals surface area contributed by atoms with Crippen LogP contribution in [0.4, 0.5) is 0 Å². The lowest BCUT2D eigenvalue weighted by Crippen LogP contribution is -2.53. The van der Waals surface area contributed by atoms with Crippen LogP contribution in [0.1, 0.15) is 12.8 Å². The fraction of sp³-hybridized carbons (Fsp3) is 0.600. The van der Waals surface area contributed by atoms with Gasteiger partial charge >= 0.3 is 0 Å². The monoisotopic (exact) mass is 374 g/mol. The van der Waals surface area contributed by atoms with Crippen LogP contribution in [0.3, 0.4) is 0 Å². The molecule has 27 heavy (non-hydrogen) atoms. The van der Waals surface area contributed by atoms with Gasteiger partial charge in [0.2, 0.25) is 11.8 Å². The molecule has 2 aliphatic rings. The number of hydrogen-bond acceptors (Lipinski definition) is 5. The third-order valence-corrected chi connectivity index (χ3v) is 5.34. The van der Waals surface area contributed by atoms with Gasteiger partial charge in [0, 0.05) is 39.3 Å². The number of piperidine rings is 1. The van der Waals surface area contributed by atoms with E-state index in [1.54, 1.807) is 0 Å². The van der Waals surface area contributed by atoms with Gasteiger partial charge in [0.15, 0.2) is 0 Å². The molecule has 0 aromatic heterocycles. The molecule has 2 heterocycles. The molecule has 0 aliphatic carbocycles. The van der Waals surface area contributed by atoms with Gasteiger partial charge < -0.3 is 15.4 Å². The summed E-state index contributed by atoms with van der Waals surface area (Å²) >= 11 is 0. The van der Waals surface area contributed by atoms with Crippen molar-refractivity contribution >= 4 is 11.8 Å². The highest BCUT2D eigenvalue weighted by Gasteiger charge is 2.31. The van der Waals surface area contributed by atoms with Crippen molar-refractivity contribution in [3.63, 3.8) is 0 Å². The molecule has 2 amide bonds.